The molecule has 7 heteroatoms. The molecule has 2 aliphatic rings. The van der Waals surface area contributed by atoms with Crippen LogP contribution in [0, 0.1) is 5.92 Å². The van der Waals surface area contributed by atoms with E-state index in [4.69, 9.17) is 0 Å². The first-order valence-electron chi connectivity index (χ1n) is 7.74. The average Bonchev–Trinajstić information content (AvgIpc) is 3.07. The van der Waals surface area contributed by atoms with Gasteiger partial charge >= 0.3 is 5.97 Å². The molecule has 6 nitrogen and oxygen atoms in total. The lowest BCUT2D eigenvalue weighted by Gasteiger charge is -2.41. The lowest BCUT2D eigenvalue weighted by atomic mass is 9.77. The van der Waals surface area contributed by atoms with Gasteiger partial charge in [0.2, 0.25) is 5.91 Å². The molecule has 1 amide bonds. The summed E-state index contributed by atoms with van der Waals surface area (Å²) in [6.45, 7) is 3.81. The van der Waals surface area contributed by atoms with E-state index < -0.39 is 17.4 Å². The smallest absolute Gasteiger partial charge is 0.309 e. The predicted octanol–water partition coefficient (Wildman–Crippen LogP) is 1.51. The van der Waals surface area contributed by atoms with Crippen LogP contribution < -0.4 is 5.32 Å². The number of hydrogen-bond acceptors (Lipinski definition) is 5. The number of thiophene rings is 1. The minimum absolute atomic E-state index is 0.0804. The van der Waals surface area contributed by atoms with E-state index >= 15 is 0 Å². The van der Waals surface area contributed by atoms with Crippen LogP contribution in [-0.4, -0.2) is 46.3 Å². The van der Waals surface area contributed by atoms with E-state index in [1.54, 1.807) is 6.92 Å². The molecule has 0 unspecified atom stereocenters. The third-order valence-corrected chi connectivity index (χ3v) is 5.98. The fraction of sp³-hybridized carbons (Fsp3) is 0.562. The number of ketones is 1. The molecule has 3 rings (SSSR count). The molecule has 0 aliphatic carbocycles. The van der Waals surface area contributed by atoms with Crippen molar-refractivity contribution in [1.29, 1.82) is 0 Å². The summed E-state index contributed by atoms with van der Waals surface area (Å²) in [4.78, 5) is 37.4. The zero-order chi connectivity index (χ0) is 16.6. The molecule has 2 aliphatic heterocycles. The molecule has 0 aromatic carbocycles. The topological polar surface area (TPSA) is 86.7 Å². The van der Waals surface area contributed by atoms with E-state index in [0.717, 1.165) is 30.1 Å². The van der Waals surface area contributed by atoms with E-state index in [1.165, 1.54) is 11.3 Å². The number of aliphatic carboxylic acids is 1. The molecule has 2 fully saturated rings. The highest BCUT2D eigenvalue weighted by molar-refractivity contribution is 7.12. The second-order valence-electron chi connectivity index (χ2n) is 6.45. The number of carbonyl (C=O) groups excluding carboxylic acids is 2. The summed E-state index contributed by atoms with van der Waals surface area (Å²) in [7, 11) is 0. The molecular formula is C16H20N2O4S. The van der Waals surface area contributed by atoms with Crippen LogP contribution in [0.4, 0.5) is 0 Å². The van der Waals surface area contributed by atoms with Crippen LogP contribution in [-0.2, 0) is 16.1 Å². The molecule has 2 saturated heterocycles. The van der Waals surface area contributed by atoms with Gasteiger partial charge in [0.25, 0.3) is 0 Å². The van der Waals surface area contributed by atoms with Crippen molar-refractivity contribution in [3.63, 3.8) is 0 Å². The molecule has 23 heavy (non-hydrogen) atoms. The summed E-state index contributed by atoms with van der Waals surface area (Å²) in [6.07, 6.45) is 1.39. The van der Waals surface area contributed by atoms with Gasteiger partial charge in [-0.05, 0) is 36.8 Å². The highest BCUT2D eigenvalue weighted by Crippen LogP contribution is 2.37. The van der Waals surface area contributed by atoms with Gasteiger partial charge in [-0.3, -0.25) is 19.3 Å². The fourth-order valence-corrected chi connectivity index (χ4v) is 4.41. The Labute approximate surface area is 138 Å². The van der Waals surface area contributed by atoms with Gasteiger partial charge in [-0.1, -0.05) is 0 Å². The Kier molecular flexibility index (Phi) is 4.25. The number of likely N-dealkylation sites (tertiary alicyclic amines) is 1. The lowest BCUT2D eigenvalue weighted by molar-refractivity contribution is -0.144. The number of carbonyl (C=O) groups is 3. The minimum atomic E-state index is -0.888. The fourth-order valence-electron chi connectivity index (χ4n) is 3.61. The van der Waals surface area contributed by atoms with Crippen molar-refractivity contribution in [1.82, 2.24) is 10.2 Å². The first-order valence-corrected chi connectivity index (χ1v) is 8.62. The predicted molar refractivity (Wildman–Crippen MR) is 85.5 cm³/mol. The lowest BCUT2D eigenvalue weighted by Crippen LogP contribution is -2.55. The minimum Gasteiger partial charge on any atom is -0.481 e. The third kappa shape index (κ3) is 3.16. The Balaban J connectivity index is 1.62. The summed E-state index contributed by atoms with van der Waals surface area (Å²) in [5.41, 5.74) is 0.528. The van der Waals surface area contributed by atoms with Crippen molar-refractivity contribution in [2.75, 3.05) is 13.1 Å². The summed E-state index contributed by atoms with van der Waals surface area (Å²) in [5.74, 6) is -1.59. The van der Waals surface area contributed by atoms with E-state index in [0.29, 0.717) is 12.8 Å². The van der Waals surface area contributed by atoms with Crippen molar-refractivity contribution in [2.45, 2.75) is 38.3 Å². The van der Waals surface area contributed by atoms with E-state index in [-0.39, 0.29) is 18.1 Å². The largest absolute Gasteiger partial charge is 0.481 e. The molecule has 0 bridgehead atoms. The molecule has 1 atom stereocenters. The van der Waals surface area contributed by atoms with Crippen molar-refractivity contribution in [3.8, 4) is 0 Å². The molecule has 1 spiro atoms. The Hall–Kier alpha value is -1.73. The maximum absolute atomic E-state index is 11.7. The second-order valence-corrected chi connectivity index (χ2v) is 7.36. The van der Waals surface area contributed by atoms with Crippen LogP contribution in [0.1, 0.15) is 41.4 Å². The Morgan fingerprint density at radius 2 is 2.13 bits per heavy atom. The zero-order valence-electron chi connectivity index (χ0n) is 13.0. The van der Waals surface area contributed by atoms with Gasteiger partial charge in [-0.25, -0.2) is 0 Å². The Bertz CT molecular complexity index is 646. The van der Waals surface area contributed by atoms with Gasteiger partial charge in [-0.2, -0.15) is 0 Å². The van der Waals surface area contributed by atoms with Crippen LogP contribution in [0.2, 0.25) is 0 Å². The molecule has 1 aromatic rings. The van der Waals surface area contributed by atoms with Crippen LogP contribution in [0.5, 0.6) is 0 Å². The number of carboxylic acid groups (broad SMARTS) is 1. The summed E-state index contributed by atoms with van der Waals surface area (Å²) in [5, 5.41) is 14.3. The van der Waals surface area contributed by atoms with Gasteiger partial charge in [-0.15, -0.1) is 11.3 Å². The summed E-state index contributed by atoms with van der Waals surface area (Å²) >= 11 is 1.46. The van der Waals surface area contributed by atoms with Crippen molar-refractivity contribution >= 4 is 29.0 Å². The van der Waals surface area contributed by atoms with Crippen molar-refractivity contribution in [3.05, 3.63) is 21.9 Å². The number of amides is 1. The maximum Gasteiger partial charge on any atom is 0.309 e. The van der Waals surface area contributed by atoms with E-state index in [2.05, 4.69) is 10.2 Å². The average molecular weight is 336 g/mol. The number of Topliss-reactive ketones (excluding diaryl/α,β-unsaturated/α-hetero) is 1. The zero-order valence-corrected chi connectivity index (χ0v) is 13.8. The van der Waals surface area contributed by atoms with Gasteiger partial charge < -0.3 is 10.4 Å². The SMILES string of the molecule is CC(=O)c1cc(CN2CCC3(CC2)NC(=O)C[C@H]3C(=O)O)cs1. The third-order valence-electron chi connectivity index (χ3n) is 4.90. The first-order chi connectivity index (χ1) is 10.9. The van der Waals surface area contributed by atoms with E-state index in [9.17, 15) is 19.5 Å². The summed E-state index contributed by atoms with van der Waals surface area (Å²) < 4.78 is 0. The number of rotatable bonds is 4. The second kappa shape index (κ2) is 6.05. The molecule has 1 aromatic heterocycles. The Morgan fingerprint density at radius 1 is 1.43 bits per heavy atom. The number of nitrogens with one attached hydrogen (secondary N) is 1. The quantitative estimate of drug-likeness (QED) is 0.814. The molecular weight excluding hydrogens is 316 g/mol. The number of hydrogen-bond donors (Lipinski definition) is 2. The van der Waals surface area contributed by atoms with Crippen LogP contribution in [0.25, 0.3) is 0 Å². The van der Waals surface area contributed by atoms with Crippen molar-refractivity contribution in [2.24, 2.45) is 5.92 Å². The molecule has 2 N–H and O–H groups in total. The normalized spacial score (nSPS) is 23.9. The monoisotopic (exact) mass is 336 g/mol. The molecule has 0 saturated carbocycles. The highest BCUT2D eigenvalue weighted by atomic mass is 32.1. The molecule has 3 heterocycles. The van der Waals surface area contributed by atoms with Gasteiger partial charge in [0.15, 0.2) is 5.78 Å². The van der Waals surface area contributed by atoms with Gasteiger partial charge in [0, 0.05) is 26.1 Å². The number of piperidine rings is 1. The maximum atomic E-state index is 11.7. The summed E-state index contributed by atoms with van der Waals surface area (Å²) in [6, 6.07) is 1.93. The van der Waals surface area contributed by atoms with Crippen LogP contribution in [0.15, 0.2) is 11.4 Å². The van der Waals surface area contributed by atoms with Crippen molar-refractivity contribution < 1.29 is 19.5 Å². The highest BCUT2D eigenvalue weighted by Gasteiger charge is 2.51. The van der Waals surface area contributed by atoms with Crippen LogP contribution in [0.3, 0.4) is 0 Å². The standard InChI is InChI=1S/C16H20N2O4S/c1-10(19)13-6-11(9-23-13)8-18-4-2-16(3-5-18)12(15(21)22)7-14(20)17-16/h6,9,12H,2-5,7-8H2,1H3,(H,17,20)(H,21,22)/t12-/m0/s1. The molecule has 0 radical (unpaired) electrons. The number of nitrogens with zero attached hydrogens (tertiary/aromatic N) is 1. The van der Waals surface area contributed by atoms with Crippen LogP contribution >= 0.6 is 11.3 Å². The Morgan fingerprint density at radius 3 is 2.70 bits per heavy atom. The first kappa shape index (κ1) is 16.1. The molecule has 124 valence electrons. The number of carboxylic acids is 1. The van der Waals surface area contributed by atoms with E-state index in [1.807, 2.05) is 11.4 Å². The van der Waals surface area contributed by atoms with Gasteiger partial charge in [0.05, 0.1) is 16.3 Å². The van der Waals surface area contributed by atoms with Gasteiger partial charge in [0.1, 0.15) is 0 Å².